The number of rotatable bonds is 5. The molecular weight excluding hydrogens is 290 g/mol. The highest BCUT2D eigenvalue weighted by Gasteiger charge is 2.22. The van der Waals surface area contributed by atoms with Crippen LogP contribution in [0.1, 0.15) is 24.1 Å². The molecule has 0 aliphatic rings. The minimum atomic E-state index is -0.697. The molecule has 0 heterocycles. The van der Waals surface area contributed by atoms with E-state index in [9.17, 15) is 9.59 Å². The SMILES string of the molecule is CNC(=O)C(C)CN(C)C(=O)C(N)c1ccc(C)cc1.Cl. The summed E-state index contributed by atoms with van der Waals surface area (Å²) in [4.78, 5) is 25.2. The number of nitrogens with zero attached hydrogens (tertiary/aromatic N) is 1. The largest absolute Gasteiger partial charge is 0.359 e. The number of carbonyl (C=O) groups excluding carboxylic acids is 2. The van der Waals surface area contributed by atoms with Gasteiger partial charge in [0.05, 0.1) is 5.92 Å². The van der Waals surface area contributed by atoms with Crippen LogP contribution >= 0.6 is 12.4 Å². The van der Waals surface area contributed by atoms with Gasteiger partial charge in [-0.2, -0.15) is 0 Å². The monoisotopic (exact) mass is 313 g/mol. The van der Waals surface area contributed by atoms with Gasteiger partial charge in [-0.25, -0.2) is 0 Å². The molecule has 0 radical (unpaired) electrons. The fraction of sp³-hybridized carbons (Fsp3) is 0.467. The highest BCUT2D eigenvalue weighted by Crippen LogP contribution is 2.14. The van der Waals surface area contributed by atoms with Crippen LogP contribution in [0.3, 0.4) is 0 Å². The number of halogens is 1. The molecule has 21 heavy (non-hydrogen) atoms. The maximum atomic E-state index is 12.2. The average molecular weight is 314 g/mol. The first-order valence-corrected chi connectivity index (χ1v) is 6.65. The number of carbonyl (C=O) groups is 2. The summed E-state index contributed by atoms with van der Waals surface area (Å²) in [5.74, 6) is -0.544. The Kier molecular flexibility index (Phi) is 7.99. The topological polar surface area (TPSA) is 75.4 Å². The molecule has 0 aliphatic heterocycles. The lowest BCUT2D eigenvalue weighted by Crippen LogP contribution is -2.41. The highest BCUT2D eigenvalue weighted by molar-refractivity contribution is 5.85. The molecule has 0 aliphatic carbocycles. The van der Waals surface area contributed by atoms with Crippen molar-refractivity contribution in [3.63, 3.8) is 0 Å². The molecule has 0 bridgehead atoms. The fourth-order valence-electron chi connectivity index (χ4n) is 1.98. The third-order valence-electron chi connectivity index (χ3n) is 3.32. The lowest BCUT2D eigenvalue weighted by Gasteiger charge is -2.24. The van der Waals surface area contributed by atoms with Crippen LogP contribution in [0.15, 0.2) is 24.3 Å². The van der Waals surface area contributed by atoms with Crippen molar-refractivity contribution in [1.82, 2.24) is 10.2 Å². The van der Waals surface area contributed by atoms with Gasteiger partial charge in [0.25, 0.3) is 0 Å². The van der Waals surface area contributed by atoms with Crippen LogP contribution in [-0.2, 0) is 9.59 Å². The zero-order valence-corrected chi connectivity index (χ0v) is 13.7. The van der Waals surface area contributed by atoms with Crippen molar-refractivity contribution in [2.24, 2.45) is 11.7 Å². The summed E-state index contributed by atoms with van der Waals surface area (Å²) in [7, 11) is 3.24. The van der Waals surface area contributed by atoms with Gasteiger partial charge in [-0.05, 0) is 12.5 Å². The van der Waals surface area contributed by atoms with Crippen LogP contribution in [0.2, 0.25) is 0 Å². The van der Waals surface area contributed by atoms with E-state index in [0.29, 0.717) is 6.54 Å². The van der Waals surface area contributed by atoms with Gasteiger partial charge in [-0.3, -0.25) is 9.59 Å². The third-order valence-corrected chi connectivity index (χ3v) is 3.32. The van der Waals surface area contributed by atoms with Crippen molar-refractivity contribution in [3.8, 4) is 0 Å². The second-order valence-electron chi connectivity index (χ2n) is 5.12. The molecule has 2 unspecified atom stereocenters. The second-order valence-corrected chi connectivity index (χ2v) is 5.12. The molecule has 1 rings (SSSR count). The zero-order valence-electron chi connectivity index (χ0n) is 12.9. The third kappa shape index (κ3) is 5.36. The number of hydrogen-bond acceptors (Lipinski definition) is 3. The van der Waals surface area contributed by atoms with Crippen LogP contribution in [0, 0.1) is 12.8 Å². The first-order valence-electron chi connectivity index (χ1n) is 6.65. The molecule has 2 amide bonds. The van der Waals surface area contributed by atoms with E-state index in [1.54, 1.807) is 21.0 Å². The molecule has 0 saturated carbocycles. The number of nitrogens with one attached hydrogen (secondary N) is 1. The summed E-state index contributed by atoms with van der Waals surface area (Å²) in [6, 6.07) is 6.87. The van der Waals surface area contributed by atoms with Crippen molar-refractivity contribution >= 4 is 24.2 Å². The van der Waals surface area contributed by atoms with Gasteiger partial charge in [-0.1, -0.05) is 36.8 Å². The lowest BCUT2D eigenvalue weighted by molar-refractivity contribution is -0.133. The number of amides is 2. The first-order chi connectivity index (χ1) is 9.36. The minimum Gasteiger partial charge on any atom is -0.359 e. The summed E-state index contributed by atoms with van der Waals surface area (Å²) in [5.41, 5.74) is 7.88. The molecule has 0 saturated heterocycles. The van der Waals surface area contributed by atoms with Crippen molar-refractivity contribution in [2.45, 2.75) is 19.9 Å². The number of aryl methyl sites for hydroxylation is 1. The van der Waals surface area contributed by atoms with Crippen LogP contribution in [0.25, 0.3) is 0 Å². The zero-order chi connectivity index (χ0) is 15.3. The summed E-state index contributed by atoms with van der Waals surface area (Å²) < 4.78 is 0. The molecule has 2 atom stereocenters. The van der Waals surface area contributed by atoms with Crippen LogP contribution < -0.4 is 11.1 Å². The quantitative estimate of drug-likeness (QED) is 0.859. The Morgan fingerprint density at radius 2 is 1.81 bits per heavy atom. The maximum Gasteiger partial charge on any atom is 0.243 e. The first kappa shape index (κ1) is 19.4. The fourth-order valence-corrected chi connectivity index (χ4v) is 1.98. The Balaban J connectivity index is 0.00000400. The molecule has 1 aromatic rings. The standard InChI is InChI=1S/C15H23N3O2.ClH/c1-10-5-7-12(8-6-10)13(16)15(20)18(4)9-11(2)14(19)17-3;/h5-8,11,13H,9,16H2,1-4H3,(H,17,19);1H. The van der Waals surface area contributed by atoms with Gasteiger partial charge in [0.1, 0.15) is 6.04 Å². The van der Waals surface area contributed by atoms with Gasteiger partial charge in [0.15, 0.2) is 0 Å². The number of likely N-dealkylation sites (N-methyl/N-ethyl adjacent to an activating group) is 1. The number of hydrogen-bond donors (Lipinski definition) is 2. The summed E-state index contributed by atoms with van der Waals surface area (Å²) in [6.45, 7) is 4.10. The van der Waals surface area contributed by atoms with E-state index in [-0.39, 0.29) is 30.1 Å². The van der Waals surface area contributed by atoms with Gasteiger partial charge in [0, 0.05) is 20.6 Å². The van der Waals surface area contributed by atoms with E-state index in [1.165, 1.54) is 4.90 Å². The van der Waals surface area contributed by atoms with E-state index in [0.717, 1.165) is 11.1 Å². The van der Waals surface area contributed by atoms with Gasteiger partial charge < -0.3 is 16.0 Å². The van der Waals surface area contributed by atoms with E-state index in [1.807, 2.05) is 31.2 Å². The Bertz CT molecular complexity index is 476. The molecular formula is C15H24ClN3O2. The van der Waals surface area contributed by atoms with Crippen LogP contribution in [0.4, 0.5) is 0 Å². The van der Waals surface area contributed by atoms with Crippen LogP contribution in [0.5, 0.6) is 0 Å². The Labute approximate surface area is 132 Å². The summed E-state index contributed by atoms with van der Waals surface area (Å²) in [6.07, 6.45) is 0. The summed E-state index contributed by atoms with van der Waals surface area (Å²) >= 11 is 0. The van der Waals surface area contributed by atoms with E-state index < -0.39 is 6.04 Å². The smallest absolute Gasteiger partial charge is 0.243 e. The van der Waals surface area contributed by atoms with Crippen LogP contribution in [-0.4, -0.2) is 37.4 Å². The lowest BCUT2D eigenvalue weighted by atomic mass is 10.0. The molecule has 0 fully saturated rings. The second kappa shape index (κ2) is 8.64. The summed E-state index contributed by atoms with van der Waals surface area (Å²) in [5, 5.41) is 2.57. The highest BCUT2D eigenvalue weighted by atomic mass is 35.5. The maximum absolute atomic E-state index is 12.2. The van der Waals surface area contributed by atoms with Crippen molar-refractivity contribution in [3.05, 3.63) is 35.4 Å². The number of nitrogens with two attached hydrogens (primary N) is 1. The predicted octanol–water partition coefficient (Wildman–Crippen LogP) is 1.26. The molecule has 0 aromatic heterocycles. The van der Waals surface area contributed by atoms with E-state index in [4.69, 9.17) is 5.73 Å². The van der Waals surface area contributed by atoms with Gasteiger partial charge in [0.2, 0.25) is 11.8 Å². The Morgan fingerprint density at radius 3 is 2.29 bits per heavy atom. The Hall–Kier alpha value is -1.59. The van der Waals surface area contributed by atoms with E-state index in [2.05, 4.69) is 5.32 Å². The molecule has 5 nitrogen and oxygen atoms in total. The van der Waals surface area contributed by atoms with Crippen molar-refractivity contribution in [1.29, 1.82) is 0 Å². The average Bonchev–Trinajstić information content (AvgIpc) is 2.45. The molecule has 0 spiro atoms. The molecule has 3 N–H and O–H groups in total. The van der Waals surface area contributed by atoms with Gasteiger partial charge >= 0.3 is 0 Å². The molecule has 6 heteroatoms. The molecule has 118 valence electrons. The predicted molar refractivity (Wildman–Crippen MR) is 86.2 cm³/mol. The minimum absolute atomic E-state index is 0. The Morgan fingerprint density at radius 1 is 1.29 bits per heavy atom. The van der Waals surface area contributed by atoms with Crippen molar-refractivity contribution < 1.29 is 9.59 Å². The van der Waals surface area contributed by atoms with Gasteiger partial charge in [-0.15, -0.1) is 12.4 Å². The van der Waals surface area contributed by atoms with E-state index >= 15 is 0 Å². The molecule has 1 aromatic carbocycles. The van der Waals surface area contributed by atoms with Crippen molar-refractivity contribution in [2.75, 3.05) is 20.6 Å². The normalized spacial score (nSPS) is 12.8. The number of benzene rings is 1.